The van der Waals surface area contributed by atoms with E-state index in [1.807, 2.05) is 0 Å². The second kappa shape index (κ2) is 9.30. The van der Waals surface area contributed by atoms with E-state index in [9.17, 15) is 25.3 Å². The highest BCUT2D eigenvalue weighted by Crippen LogP contribution is 2.26. The molecule has 0 saturated carbocycles. The van der Waals surface area contributed by atoms with E-state index in [-0.39, 0.29) is 25.7 Å². The van der Waals surface area contributed by atoms with Crippen molar-refractivity contribution in [3.63, 3.8) is 0 Å². The molecule has 0 amide bonds. The van der Waals surface area contributed by atoms with Gasteiger partial charge in [0.05, 0.1) is 11.5 Å². The Morgan fingerprint density at radius 2 is 1.00 bits per heavy atom. The van der Waals surface area contributed by atoms with Crippen LogP contribution in [0.15, 0.2) is 0 Å². The summed E-state index contributed by atoms with van der Waals surface area (Å²) >= 11 is 0. The molecule has 8 nitrogen and oxygen atoms in total. The van der Waals surface area contributed by atoms with Crippen LogP contribution in [0.5, 0.6) is 0 Å². The highest BCUT2D eigenvalue weighted by atomic mass is 32.3. The SMILES string of the molecule is CCC(S(=O)(=O)CCCO)S(=O)(=O)C(CC)S(=O)(=O)CCCO. The fraction of sp³-hybridized carbons (Fsp3) is 1.00. The van der Waals surface area contributed by atoms with Crippen molar-refractivity contribution in [3.8, 4) is 0 Å². The van der Waals surface area contributed by atoms with Crippen molar-refractivity contribution in [2.45, 2.75) is 48.7 Å². The molecule has 2 N–H and O–H groups in total. The van der Waals surface area contributed by atoms with Crippen LogP contribution < -0.4 is 0 Å². The highest BCUT2D eigenvalue weighted by Gasteiger charge is 2.45. The molecule has 0 heterocycles. The van der Waals surface area contributed by atoms with Crippen LogP contribution >= 0.6 is 0 Å². The lowest BCUT2D eigenvalue weighted by Crippen LogP contribution is -2.42. The Labute approximate surface area is 138 Å². The van der Waals surface area contributed by atoms with Gasteiger partial charge in [0.2, 0.25) is 0 Å². The van der Waals surface area contributed by atoms with Crippen LogP contribution in [0.1, 0.15) is 39.5 Å². The monoisotopic (exact) mass is 394 g/mol. The molecule has 0 aromatic heterocycles. The zero-order valence-corrected chi connectivity index (χ0v) is 15.8. The summed E-state index contributed by atoms with van der Waals surface area (Å²) in [6.45, 7) is 1.93. The van der Waals surface area contributed by atoms with Crippen molar-refractivity contribution < 1.29 is 35.5 Å². The molecule has 0 aliphatic carbocycles. The first-order valence-corrected chi connectivity index (χ1v) is 12.4. The summed E-state index contributed by atoms with van der Waals surface area (Å²) in [6.07, 6.45) is -0.741. The van der Waals surface area contributed by atoms with Gasteiger partial charge in [-0.25, -0.2) is 25.3 Å². The highest BCUT2D eigenvalue weighted by molar-refractivity contribution is 8.16. The van der Waals surface area contributed by atoms with Gasteiger partial charge < -0.3 is 10.2 Å². The van der Waals surface area contributed by atoms with E-state index < -0.39 is 63.4 Å². The third-order valence-corrected chi connectivity index (χ3v) is 12.9. The molecule has 0 aromatic carbocycles. The molecule has 0 bridgehead atoms. The molecule has 11 heteroatoms. The molecule has 2 atom stereocenters. The molecule has 0 spiro atoms. The fourth-order valence-electron chi connectivity index (χ4n) is 2.34. The molecule has 0 aliphatic rings. The molecule has 0 fully saturated rings. The number of sulfone groups is 3. The standard InChI is InChI=1S/C12H26O8S3/c1-3-11(21(15,16)9-5-7-13)23(19,20)12(4-2)22(17,18)10-6-8-14/h11-14H,3-10H2,1-2H3. The number of hydrogen-bond acceptors (Lipinski definition) is 8. The largest absolute Gasteiger partial charge is 0.396 e. The zero-order valence-electron chi connectivity index (χ0n) is 13.4. The maximum atomic E-state index is 12.6. The maximum Gasteiger partial charge on any atom is 0.184 e. The Hall–Kier alpha value is -0.230. The quantitative estimate of drug-likeness (QED) is 0.449. The van der Waals surface area contributed by atoms with Crippen molar-refractivity contribution in [1.82, 2.24) is 0 Å². The fourth-order valence-corrected chi connectivity index (χ4v) is 11.1. The van der Waals surface area contributed by atoms with Gasteiger partial charge in [-0.3, -0.25) is 0 Å². The van der Waals surface area contributed by atoms with Crippen molar-refractivity contribution in [2.75, 3.05) is 24.7 Å². The van der Waals surface area contributed by atoms with E-state index in [0.29, 0.717) is 0 Å². The number of aliphatic hydroxyl groups is 2. The average molecular weight is 395 g/mol. The Kier molecular flexibility index (Phi) is 9.21. The van der Waals surface area contributed by atoms with E-state index in [1.165, 1.54) is 13.8 Å². The lowest BCUT2D eigenvalue weighted by molar-refractivity contribution is 0.295. The number of rotatable bonds is 12. The summed E-state index contributed by atoms with van der Waals surface area (Å²) < 4.78 is 70.5. The second-order valence-corrected chi connectivity index (χ2v) is 12.7. The Morgan fingerprint density at radius 1 is 0.696 bits per heavy atom. The topological polar surface area (TPSA) is 143 Å². The number of aliphatic hydroxyl groups excluding tert-OH is 2. The summed E-state index contributed by atoms with van der Waals surface area (Å²) in [7, 11) is -12.7. The summed E-state index contributed by atoms with van der Waals surface area (Å²) in [5, 5.41) is 17.5. The van der Waals surface area contributed by atoms with E-state index in [2.05, 4.69) is 0 Å². The lowest BCUT2D eigenvalue weighted by Gasteiger charge is -2.23. The van der Waals surface area contributed by atoms with Gasteiger partial charge in [-0.15, -0.1) is 0 Å². The Balaban J connectivity index is 5.79. The smallest absolute Gasteiger partial charge is 0.184 e. The molecule has 0 aromatic rings. The average Bonchev–Trinajstić information content (AvgIpc) is 2.43. The predicted octanol–water partition coefficient (Wildman–Crippen LogP) is -0.532. The van der Waals surface area contributed by atoms with Gasteiger partial charge >= 0.3 is 0 Å². The first-order chi connectivity index (χ1) is 10.5. The normalized spacial score (nSPS) is 16.2. The molecular formula is C12H26O8S3. The molecule has 0 aliphatic heterocycles. The zero-order chi connectivity index (χ0) is 18.3. The van der Waals surface area contributed by atoms with Gasteiger partial charge in [0, 0.05) is 13.2 Å². The van der Waals surface area contributed by atoms with Crippen molar-refractivity contribution >= 4 is 29.5 Å². The first-order valence-electron chi connectivity index (χ1n) is 7.38. The third kappa shape index (κ3) is 5.96. The van der Waals surface area contributed by atoms with Crippen LogP contribution in [-0.2, 0) is 29.5 Å². The van der Waals surface area contributed by atoms with Crippen molar-refractivity contribution in [3.05, 3.63) is 0 Å². The summed E-state index contributed by atoms with van der Waals surface area (Å²) in [4.78, 5) is 0. The Bertz CT molecular complexity index is 596. The molecule has 2 unspecified atom stereocenters. The van der Waals surface area contributed by atoms with E-state index >= 15 is 0 Å². The van der Waals surface area contributed by atoms with Crippen LogP contribution in [-0.4, -0.2) is 69.3 Å². The molecular weight excluding hydrogens is 368 g/mol. The minimum atomic E-state index is -4.48. The lowest BCUT2D eigenvalue weighted by atomic mass is 10.5. The third-order valence-electron chi connectivity index (χ3n) is 3.37. The van der Waals surface area contributed by atoms with Crippen LogP contribution in [0.3, 0.4) is 0 Å². The van der Waals surface area contributed by atoms with Crippen LogP contribution in [0, 0.1) is 0 Å². The van der Waals surface area contributed by atoms with Gasteiger partial charge in [0.15, 0.2) is 38.7 Å². The minimum Gasteiger partial charge on any atom is -0.396 e. The van der Waals surface area contributed by atoms with E-state index in [1.54, 1.807) is 0 Å². The van der Waals surface area contributed by atoms with E-state index in [4.69, 9.17) is 10.2 Å². The van der Waals surface area contributed by atoms with Gasteiger partial charge in [-0.2, -0.15) is 0 Å². The molecule has 0 saturated heterocycles. The molecule has 140 valence electrons. The summed E-state index contributed by atoms with van der Waals surface area (Å²) in [5.74, 6) is -1.04. The summed E-state index contributed by atoms with van der Waals surface area (Å²) in [5.41, 5.74) is 0. The van der Waals surface area contributed by atoms with Gasteiger partial charge in [-0.1, -0.05) is 13.8 Å². The van der Waals surface area contributed by atoms with E-state index in [0.717, 1.165) is 0 Å². The summed E-state index contributed by atoms with van der Waals surface area (Å²) in [6, 6.07) is 0. The molecule has 0 rings (SSSR count). The second-order valence-electron chi connectivity index (χ2n) is 5.15. The van der Waals surface area contributed by atoms with Gasteiger partial charge in [0.25, 0.3) is 0 Å². The number of hydrogen-bond donors (Lipinski definition) is 2. The van der Waals surface area contributed by atoms with Crippen molar-refractivity contribution in [2.24, 2.45) is 0 Å². The predicted molar refractivity (Wildman–Crippen MR) is 88.1 cm³/mol. The maximum absolute atomic E-state index is 12.6. The minimum absolute atomic E-state index is 0.109. The first kappa shape index (κ1) is 22.8. The Morgan fingerprint density at radius 3 is 1.22 bits per heavy atom. The van der Waals surface area contributed by atoms with Crippen LogP contribution in [0.2, 0.25) is 0 Å². The molecule has 0 radical (unpaired) electrons. The van der Waals surface area contributed by atoms with Gasteiger partial charge in [0.1, 0.15) is 0 Å². The van der Waals surface area contributed by atoms with Crippen LogP contribution in [0.25, 0.3) is 0 Å². The van der Waals surface area contributed by atoms with Crippen molar-refractivity contribution in [1.29, 1.82) is 0 Å². The molecule has 23 heavy (non-hydrogen) atoms. The van der Waals surface area contributed by atoms with Crippen LogP contribution in [0.4, 0.5) is 0 Å². The van der Waals surface area contributed by atoms with Gasteiger partial charge in [-0.05, 0) is 25.7 Å².